The number of ether oxygens (including phenoxy) is 1. The smallest absolute Gasteiger partial charge is 0.0719 e. The van der Waals surface area contributed by atoms with Gasteiger partial charge in [-0.25, -0.2) is 0 Å². The predicted molar refractivity (Wildman–Crippen MR) is 133 cm³/mol. The van der Waals surface area contributed by atoms with E-state index in [0.717, 1.165) is 45.1 Å². The fraction of sp³-hybridized carbons (Fsp3) is 0.267. The fourth-order valence-corrected chi connectivity index (χ4v) is 3.71. The van der Waals surface area contributed by atoms with Crippen molar-refractivity contribution < 1.29 is 4.74 Å². The van der Waals surface area contributed by atoms with E-state index in [0.29, 0.717) is 6.61 Å². The van der Waals surface area contributed by atoms with E-state index in [9.17, 15) is 0 Å². The standard InChI is InChI=1S/C30H34O/c1-3-5-8-23-31-24-30-10-7-6-9-29(30)22-21-28-19-17-27(18-20-28)16-15-26-13-11-25(4-2)12-14-26/h3-4,6-7,9-14,17-20H,1-2,5,8,15-16,21-24H2. The number of unbranched alkanes of at least 4 members (excludes halogenated alkanes) is 1. The van der Waals surface area contributed by atoms with Crippen LogP contribution in [0.5, 0.6) is 0 Å². The average molecular weight is 411 g/mol. The van der Waals surface area contributed by atoms with Gasteiger partial charge in [0.15, 0.2) is 0 Å². The number of rotatable bonds is 13. The molecule has 0 fully saturated rings. The molecule has 0 atom stereocenters. The molecular formula is C30H34O. The van der Waals surface area contributed by atoms with E-state index < -0.39 is 0 Å². The number of hydrogen-bond donors (Lipinski definition) is 0. The van der Waals surface area contributed by atoms with Gasteiger partial charge in [0.2, 0.25) is 0 Å². The highest BCUT2D eigenvalue weighted by Crippen LogP contribution is 2.16. The Labute approximate surface area is 188 Å². The molecule has 3 rings (SSSR count). The minimum atomic E-state index is 0.694. The van der Waals surface area contributed by atoms with Crippen molar-refractivity contribution >= 4 is 6.08 Å². The summed E-state index contributed by atoms with van der Waals surface area (Å²) >= 11 is 0. The highest BCUT2D eigenvalue weighted by atomic mass is 16.5. The monoisotopic (exact) mass is 410 g/mol. The van der Waals surface area contributed by atoms with Gasteiger partial charge in [-0.2, -0.15) is 0 Å². The molecule has 3 aromatic carbocycles. The molecular weight excluding hydrogens is 376 g/mol. The van der Waals surface area contributed by atoms with E-state index in [2.05, 4.69) is 86.0 Å². The maximum Gasteiger partial charge on any atom is 0.0719 e. The van der Waals surface area contributed by atoms with E-state index in [1.54, 1.807) is 0 Å². The van der Waals surface area contributed by atoms with Crippen LogP contribution in [0.1, 0.15) is 46.2 Å². The third-order valence-electron chi connectivity index (χ3n) is 5.70. The topological polar surface area (TPSA) is 9.23 Å². The van der Waals surface area contributed by atoms with Gasteiger partial charge in [-0.3, -0.25) is 0 Å². The van der Waals surface area contributed by atoms with Gasteiger partial charge < -0.3 is 4.74 Å². The number of allylic oxidation sites excluding steroid dienone is 1. The molecule has 0 aliphatic heterocycles. The maximum absolute atomic E-state index is 5.85. The lowest BCUT2D eigenvalue weighted by Crippen LogP contribution is -2.01. The average Bonchev–Trinajstić information content (AvgIpc) is 2.83. The second-order valence-corrected chi connectivity index (χ2v) is 8.01. The Balaban J connectivity index is 1.47. The van der Waals surface area contributed by atoms with Gasteiger partial charge in [0.1, 0.15) is 0 Å². The van der Waals surface area contributed by atoms with Crippen LogP contribution in [0.25, 0.3) is 6.08 Å². The first kappa shape index (κ1) is 22.8. The minimum Gasteiger partial charge on any atom is -0.377 e. The zero-order chi connectivity index (χ0) is 21.7. The molecule has 0 aromatic heterocycles. The first-order chi connectivity index (χ1) is 15.3. The molecule has 0 unspecified atom stereocenters. The van der Waals surface area contributed by atoms with Crippen LogP contribution in [0.15, 0.2) is 92.0 Å². The summed E-state index contributed by atoms with van der Waals surface area (Å²) in [7, 11) is 0. The van der Waals surface area contributed by atoms with Gasteiger partial charge in [0.25, 0.3) is 0 Å². The lowest BCUT2D eigenvalue weighted by Gasteiger charge is -2.11. The van der Waals surface area contributed by atoms with Crippen molar-refractivity contribution in [3.63, 3.8) is 0 Å². The summed E-state index contributed by atoms with van der Waals surface area (Å²) in [5.41, 5.74) is 8.02. The van der Waals surface area contributed by atoms with Crippen LogP contribution in [0.2, 0.25) is 0 Å². The van der Waals surface area contributed by atoms with Crippen molar-refractivity contribution in [2.75, 3.05) is 6.61 Å². The summed E-state index contributed by atoms with van der Waals surface area (Å²) in [6.45, 7) is 9.06. The van der Waals surface area contributed by atoms with E-state index in [4.69, 9.17) is 4.74 Å². The third kappa shape index (κ3) is 7.70. The fourth-order valence-electron chi connectivity index (χ4n) is 3.71. The molecule has 1 heteroatoms. The minimum absolute atomic E-state index is 0.694. The summed E-state index contributed by atoms with van der Waals surface area (Å²) in [6, 6.07) is 26.4. The zero-order valence-electron chi connectivity index (χ0n) is 18.6. The summed E-state index contributed by atoms with van der Waals surface area (Å²) in [6.07, 6.45) is 10.1. The normalized spacial score (nSPS) is 10.7. The molecule has 160 valence electrons. The molecule has 0 amide bonds. The largest absolute Gasteiger partial charge is 0.377 e. The molecule has 0 aliphatic rings. The summed E-state index contributed by atoms with van der Waals surface area (Å²) in [5, 5.41) is 0. The number of aryl methyl sites for hydroxylation is 4. The van der Waals surface area contributed by atoms with Gasteiger partial charge >= 0.3 is 0 Å². The Morgan fingerprint density at radius 1 is 0.645 bits per heavy atom. The Kier molecular flexibility index (Phi) is 9.34. The highest BCUT2D eigenvalue weighted by molar-refractivity contribution is 5.47. The van der Waals surface area contributed by atoms with Crippen molar-refractivity contribution in [1.29, 1.82) is 0 Å². The molecule has 3 aromatic rings. The van der Waals surface area contributed by atoms with Crippen LogP contribution < -0.4 is 0 Å². The lowest BCUT2D eigenvalue weighted by molar-refractivity contribution is 0.118. The van der Waals surface area contributed by atoms with E-state index in [1.807, 2.05) is 12.2 Å². The van der Waals surface area contributed by atoms with Crippen molar-refractivity contribution in [2.45, 2.75) is 45.1 Å². The molecule has 0 saturated carbocycles. The lowest BCUT2D eigenvalue weighted by atomic mass is 9.98. The highest BCUT2D eigenvalue weighted by Gasteiger charge is 2.04. The Morgan fingerprint density at radius 2 is 1.19 bits per heavy atom. The molecule has 0 bridgehead atoms. The van der Waals surface area contributed by atoms with Crippen LogP contribution in [0.4, 0.5) is 0 Å². The predicted octanol–water partition coefficient (Wildman–Crippen LogP) is 7.38. The third-order valence-corrected chi connectivity index (χ3v) is 5.70. The van der Waals surface area contributed by atoms with E-state index in [1.165, 1.54) is 33.4 Å². The second kappa shape index (κ2) is 12.7. The molecule has 0 spiro atoms. The van der Waals surface area contributed by atoms with Crippen molar-refractivity contribution in [3.05, 3.63) is 125 Å². The second-order valence-electron chi connectivity index (χ2n) is 8.01. The molecule has 1 nitrogen and oxygen atoms in total. The Hall–Kier alpha value is -2.90. The molecule has 0 heterocycles. The quantitative estimate of drug-likeness (QED) is 0.211. The molecule has 0 aliphatic carbocycles. The van der Waals surface area contributed by atoms with Gasteiger partial charge in [-0.05, 0) is 71.9 Å². The van der Waals surface area contributed by atoms with Crippen molar-refractivity contribution in [3.8, 4) is 0 Å². The number of benzene rings is 3. The summed E-state index contributed by atoms with van der Waals surface area (Å²) in [5.74, 6) is 0. The van der Waals surface area contributed by atoms with Crippen LogP contribution in [-0.2, 0) is 37.0 Å². The van der Waals surface area contributed by atoms with E-state index in [-0.39, 0.29) is 0 Å². The first-order valence-electron chi connectivity index (χ1n) is 11.3. The van der Waals surface area contributed by atoms with Crippen LogP contribution >= 0.6 is 0 Å². The van der Waals surface area contributed by atoms with Gasteiger partial charge in [-0.15, -0.1) is 6.58 Å². The Morgan fingerprint density at radius 3 is 1.77 bits per heavy atom. The Bertz CT molecular complexity index is 935. The van der Waals surface area contributed by atoms with Gasteiger partial charge in [0.05, 0.1) is 6.61 Å². The SMILES string of the molecule is C=CCCCOCc1ccccc1CCc1ccc(CCc2ccc(C=C)cc2)cc1. The molecule has 0 N–H and O–H groups in total. The summed E-state index contributed by atoms with van der Waals surface area (Å²) < 4.78 is 5.85. The molecule has 0 saturated heterocycles. The zero-order valence-corrected chi connectivity index (χ0v) is 18.6. The van der Waals surface area contributed by atoms with E-state index >= 15 is 0 Å². The van der Waals surface area contributed by atoms with Crippen LogP contribution in [0, 0.1) is 0 Å². The molecule has 0 radical (unpaired) electrons. The van der Waals surface area contributed by atoms with Gasteiger partial charge in [-0.1, -0.05) is 91.5 Å². The maximum atomic E-state index is 5.85. The molecule has 31 heavy (non-hydrogen) atoms. The summed E-state index contributed by atoms with van der Waals surface area (Å²) in [4.78, 5) is 0. The van der Waals surface area contributed by atoms with Gasteiger partial charge in [0, 0.05) is 6.61 Å². The van der Waals surface area contributed by atoms with Crippen LogP contribution in [-0.4, -0.2) is 6.61 Å². The van der Waals surface area contributed by atoms with Crippen molar-refractivity contribution in [2.24, 2.45) is 0 Å². The number of hydrogen-bond acceptors (Lipinski definition) is 1. The van der Waals surface area contributed by atoms with Crippen LogP contribution in [0.3, 0.4) is 0 Å². The van der Waals surface area contributed by atoms with Crippen molar-refractivity contribution in [1.82, 2.24) is 0 Å². The first-order valence-corrected chi connectivity index (χ1v) is 11.3.